The lowest BCUT2D eigenvalue weighted by molar-refractivity contribution is -0.109. The van der Waals surface area contributed by atoms with Gasteiger partial charge < -0.3 is 4.79 Å². The largest absolute Gasteiger partial charge is 0.303 e. The van der Waals surface area contributed by atoms with Crippen LogP contribution in [0.3, 0.4) is 0 Å². The average molecular weight is 315 g/mol. The van der Waals surface area contributed by atoms with Crippen molar-refractivity contribution in [3.8, 4) is 0 Å². The van der Waals surface area contributed by atoms with Crippen LogP contribution in [0.2, 0.25) is 0 Å². The predicted octanol–water partition coefficient (Wildman–Crippen LogP) is 6.58. The van der Waals surface area contributed by atoms with Crippen molar-refractivity contribution in [1.82, 2.24) is 0 Å². The van der Waals surface area contributed by atoms with Crippen LogP contribution in [-0.4, -0.2) is 6.29 Å². The lowest BCUT2D eigenvalue weighted by Gasteiger charge is -2.32. The van der Waals surface area contributed by atoms with Crippen molar-refractivity contribution in [1.29, 1.82) is 0 Å². The molecule has 128 valence electrons. The Morgan fingerprint density at radius 1 is 1.35 bits per heavy atom. The second-order valence-electron chi connectivity index (χ2n) is 7.91. The molecule has 0 radical (unpaired) electrons. The molecule has 1 aliphatic carbocycles. The van der Waals surface area contributed by atoms with Gasteiger partial charge >= 0.3 is 0 Å². The Balaban J connectivity index is 2.82. The molecule has 0 saturated carbocycles. The molecular weight excluding hydrogens is 280 g/mol. The van der Waals surface area contributed by atoms with Crippen molar-refractivity contribution in [2.45, 2.75) is 73.6 Å². The lowest BCUT2D eigenvalue weighted by atomic mass is 9.72. The summed E-state index contributed by atoms with van der Waals surface area (Å²) in [4.78, 5) is 10.8. The van der Waals surface area contributed by atoms with Crippen molar-refractivity contribution in [2.75, 3.05) is 0 Å². The Morgan fingerprint density at radius 3 is 2.61 bits per heavy atom. The Bertz CT molecular complexity index is 528. The molecule has 1 unspecified atom stereocenters. The van der Waals surface area contributed by atoms with Gasteiger partial charge in [-0.1, -0.05) is 69.2 Å². The minimum atomic E-state index is -0.0211. The molecule has 1 nitrogen and oxygen atoms in total. The molecule has 0 aromatic heterocycles. The van der Waals surface area contributed by atoms with Crippen LogP contribution in [0.25, 0.3) is 0 Å². The molecule has 0 saturated heterocycles. The molecule has 1 aliphatic rings. The fraction of sp³-hybridized carbons (Fsp3) is 0.591. The van der Waals surface area contributed by atoms with Gasteiger partial charge in [0.25, 0.3) is 0 Å². The van der Waals surface area contributed by atoms with E-state index in [4.69, 9.17) is 0 Å². The number of hydrogen-bond donors (Lipinski definition) is 0. The van der Waals surface area contributed by atoms with Gasteiger partial charge in [0.2, 0.25) is 0 Å². The van der Waals surface area contributed by atoms with E-state index >= 15 is 0 Å². The molecule has 0 fully saturated rings. The van der Waals surface area contributed by atoms with Crippen molar-refractivity contribution in [3.63, 3.8) is 0 Å². The Kier molecular flexibility index (Phi) is 7.25. The smallest absolute Gasteiger partial charge is 0.120 e. The van der Waals surface area contributed by atoms with Gasteiger partial charge in [-0.05, 0) is 55.9 Å². The summed E-state index contributed by atoms with van der Waals surface area (Å²) in [7, 11) is 0. The number of carbonyl (C=O) groups is 1. The fourth-order valence-electron chi connectivity index (χ4n) is 3.23. The van der Waals surface area contributed by atoms with Gasteiger partial charge in [0, 0.05) is 6.42 Å². The molecule has 0 spiro atoms. The maximum absolute atomic E-state index is 10.8. The van der Waals surface area contributed by atoms with E-state index in [2.05, 4.69) is 71.9 Å². The van der Waals surface area contributed by atoms with Gasteiger partial charge in [0.15, 0.2) is 0 Å². The molecule has 0 aromatic rings. The zero-order valence-electron chi connectivity index (χ0n) is 15.9. The fourth-order valence-corrected chi connectivity index (χ4v) is 3.23. The van der Waals surface area contributed by atoms with Crippen LogP contribution in [0, 0.1) is 10.8 Å². The first-order chi connectivity index (χ1) is 10.7. The van der Waals surface area contributed by atoms with E-state index < -0.39 is 0 Å². The second kappa shape index (κ2) is 8.47. The summed E-state index contributed by atoms with van der Waals surface area (Å²) >= 11 is 0. The molecular formula is C22H34O. The lowest BCUT2D eigenvalue weighted by Crippen LogP contribution is -2.19. The van der Waals surface area contributed by atoms with E-state index in [1.54, 1.807) is 0 Å². The number of aldehydes is 1. The Hall–Kier alpha value is -1.37. The van der Waals surface area contributed by atoms with Crippen molar-refractivity contribution >= 4 is 6.29 Å². The highest BCUT2D eigenvalue weighted by Gasteiger charge is 2.26. The van der Waals surface area contributed by atoms with Crippen molar-refractivity contribution in [2.24, 2.45) is 10.8 Å². The summed E-state index contributed by atoms with van der Waals surface area (Å²) in [5.74, 6) is 0. The summed E-state index contributed by atoms with van der Waals surface area (Å²) in [6, 6.07) is 0. The van der Waals surface area contributed by atoms with E-state index in [1.807, 2.05) is 0 Å². The molecule has 1 atom stereocenters. The quantitative estimate of drug-likeness (QED) is 0.383. The maximum atomic E-state index is 10.8. The van der Waals surface area contributed by atoms with Gasteiger partial charge in [-0.15, -0.1) is 0 Å². The highest BCUT2D eigenvalue weighted by Crippen LogP contribution is 2.40. The summed E-state index contributed by atoms with van der Waals surface area (Å²) in [5.41, 5.74) is 4.55. The highest BCUT2D eigenvalue weighted by atomic mass is 16.1. The number of rotatable bonds is 7. The normalized spacial score (nSPS) is 21.9. The van der Waals surface area contributed by atoms with E-state index in [1.165, 1.54) is 36.0 Å². The van der Waals surface area contributed by atoms with Gasteiger partial charge in [-0.3, -0.25) is 0 Å². The van der Waals surface area contributed by atoms with Gasteiger partial charge in [-0.2, -0.15) is 0 Å². The Labute approximate surface area is 143 Å². The molecule has 23 heavy (non-hydrogen) atoms. The van der Waals surface area contributed by atoms with Gasteiger partial charge in [0.05, 0.1) is 0 Å². The van der Waals surface area contributed by atoms with E-state index in [9.17, 15) is 4.79 Å². The Morgan fingerprint density at radius 2 is 2.04 bits per heavy atom. The first-order valence-electron chi connectivity index (χ1n) is 8.92. The van der Waals surface area contributed by atoms with Crippen LogP contribution in [-0.2, 0) is 4.79 Å². The summed E-state index contributed by atoms with van der Waals surface area (Å²) in [5, 5.41) is 0. The number of carbonyl (C=O) groups excluding carboxylic acids is 1. The zero-order valence-corrected chi connectivity index (χ0v) is 15.9. The zero-order chi connectivity index (χ0) is 17.5. The SMILES string of the molecule is CCC(C)(/C=C/C=C(C)/C=C/C1=C(C)CCCC1(C)C)CC=O. The molecule has 0 amide bonds. The maximum Gasteiger partial charge on any atom is 0.120 e. The molecule has 1 heteroatoms. The van der Waals surface area contributed by atoms with E-state index in [0.29, 0.717) is 11.8 Å². The third kappa shape index (κ3) is 5.97. The first-order valence-corrected chi connectivity index (χ1v) is 8.92. The monoisotopic (exact) mass is 314 g/mol. The first kappa shape index (κ1) is 19.7. The van der Waals surface area contributed by atoms with Crippen LogP contribution >= 0.6 is 0 Å². The molecule has 1 rings (SSSR count). The minimum absolute atomic E-state index is 0.0211. The third-order valence-electron chi connectivity index (χ3n) is 5.27. The average Bonchev–Trinajstić information content (AvgIpc) is 2.46. The van der Waals surface area contributed by atoms with Crippen LogP contribution in [0.15, 0.2) is 47.1 Å². The predicted molar refractivity (Wildman–Crippen MR) is 101 cm³/mol. The van der Waals surface area contributed by atoms with E-state index in [-0.39, 0.29) is 5.41 Å². The van der Waals surface area contributed by atoms with Crippen molar-refractivity contribution in [3.05, 3.63) is 47.1 Å². The minimum Gasteiger partial charge on any atom is -0.303 e. The summed E-state index contributed by atoms with van der Waals surface area (Å²) < 4.78 is 0. The standard InChI is InChI=1S/C22H34O/c1-7-22(6,16-17-23)15-8-10-18(2)12-13-20-19(3)11-9-14-21(20,4)5/h8,10,12-13,15,17H,7,9,11,14,16H2,1-6H3/b13-12+,15-8+,18-10+. The van der Waals surface area contributed by atoms with E-state index in [0.717, 1.165) is 12.7 Å². The number of allylic oxidation sites excluding steroid dienone is 8. The van der Waals surface area contributed by atoms with Crippen LogP contribution in [0.5, 0.6) is 0 Å². The van der Waals surface area contributed by atoms with Gasteiger partial charge in [-0.25, -0.2) is 0 Å². The molecule has 0 aromatic carbocycles. The molecule has 0 heterocycles. The van der Waals surface area contributed by atoms with Gasteiger partial charge in [0.1, 0.15) is 6.29 Å². The molecule has 0 bridgehead atoms. The topological polar surface area (TPSA) is 17.1 Å². The third-order valence-corrected chi connectivity index (χ3v) is 5.27. The summed E-state index contributed by atoms with van der Waals surface area (Å²) in [6.45, 7) is 13.4. The highest BCUT2D eigenvalue weighted by molar-refractivity contribution is 5.51. The molecule has 0 N–H and O–H groups in total. The second-order valence-corrected chi connectivity index (χ2v) is 7.91. The van der Waals surface area contributed by atoms with Crippen LogP contribution in [0.4, 0.5) is 0 Å². The number of hydrogen-bond acceptors (Lipinski definition) is 1. The summed E-state index contributed by atoms with van der Waals surface area (Å²) in [6.07, 6.45) is 17.3. The van der Waals surface area contributed by atoms with Crippen molar-refractivity contribution < 1.29 is 4.79 Å². The molecule has 0 aliphatic heterocycles. The van der Waals surface area contributed by atoms with Crippen LogP contribution in [0.1, 0.15) is 73.6 Å². The van der Waals surface area contributed by atoms with Crippen LogP contribution < -0.4 is 0 Å².